The molecule has 7 heteroatoms. The highest BCUT2D eigenvalue weighted by Gasteiger charge is 2.36. The number of para-hydroxylation sites is 3. The summed E-state index contributed by atoms with van der Waals surface area (Å²) in [5, 5.41) is 0. The van der Waals surface area contributed by atoms with Gasteiger partial charge in [-0.2, -0.15) is 0 Å². The lowest BCUT2D eigenvalue weighted by Crippen LogP contribution is -2.25. The molecule has 37 heavy (non-hydrogen) atoms. The Balaban J connectivity index is 1.42. The van der Waals surface area contributed by atoms with Crippen molar-refractivity contribution in [3.8, 4) is 17.2 Å². The molecule has 190 valence electrons. The Kier molecular flexibility index (Phi) is 7.12. The Morgan fingerprint density at radius 2 is 1.84 bits per heavy atom. The summed E-state index contributed by atoms with van der Waals surface area (Å²) in [4.78, 5) is 20.0. The third-order valence-corrected chi connectivity index (χ3v) is 6.76. The Bertz CT molecular complexity index is 1430. The fourth-order valence-electron chi connectivity index (χ4n) is 4.98. The van der Waals surface area contributed by atoms with Gasteiger partial charge in [-0.3, -0.25) is 4.79 Å². The highest BCUT2D eigenvalue weighted by Crippen LogP contribution is 2.39. The van der Waals surface area contributed by atoms with Crippen LogP contribution in [0.5, 0.6) is 17.2 Å². The highest BCUT2D eigenvalue weighted by molar-refractivity contribution is 5.98. The Hall–Kier alpha value is -4.26. The Morgan fingerprint density at radius 3 is 2.65 bits per heavy atom. The van der Waals surface area contributed by atoms with Crippen LogP contribution >= 0.6 is 0 Å². The van der Waals surface area contributed by atoms with Gasteiger partial charge in [0.2, 0.25) is 5.91 Å². The van der Waals surface area contributed by atoms with Crippen LogP contribution in [0.2, 0.25) is 0 Å². The molecule has 0 spiro atoms. The van der Waals surface area contributed by atoms with Crippen LogP contribution in [0.1, 0.15) is 23.7 Å². The summed E-state index contributed by atoms with van der Waals surface area (Å²) in [5.74, 6) is 3.03. The number of fused-ring (bicyclic) bond motifs is 1. The lowest BCUT2D eigenvalue weighted by molar-refractivity contribution is -0.117. The van der Waals surface area contributed by atoms with Crippen molar-refractivity contribution < 1.29 is 19.0 Å². The molecule has 1 fully saturated rings. The van der Waals surface area contributed by atoms with E-state index in [2.05, 4.69) is 23.3 Å². The molecule has 0 N–H and O–H groups in total. The van der Waals surface area contributed by atoms with Crippen molar-refractivity contribution in [3.63, 3.8) is 0 Å². The minimum absolute atomic E-state index is 0.0322. The second-order valence-electron chi connectivity index (χ2n) is 9.00. The van der Waals surface area contributed by atoms with Gasteiger partial charge >= 0.3 is 0 Å². The predicted molar refractivity (Wildman–Crippen MR) is 145 cm³/mol. The largest absolute Gasteiger partial charge is 0.497 e. The number of hydrogen-bond donors (Lipinski definition) is 0. The molecule has 1 saturated heterocycles. The molecule has 1 unspecified atom stereocenters. The maximum Gasteiger partial charge on any atom is 0.227 e. The fourth-order valence-corrected chi connectivity index (χ4v) is 4.98. The summed E-state index contributed by atoms with van der Waals surface area (Å²) in [7, 11) is 3.22. The van der Waals surface area contributed by atoms with E-state index >= 15 is 0 Å². The number of ether oxygens (including phenoxy) is 3. The molecule has 0 aliphatic carbocycles. The number of amides is 1. The summed E-state index contributed by atoms with van der Waals surface area (Å²) in [6.07, 6.45) is 3.00. The van der Waals surface area contributed by atoms with E-state index in [1.165, 1.54) is 0 Å². The number of anilines is 1. The molecule has 2 heterocycles. The molecular formula is C30H31N3O4. The first kappa shape index (κ1) is 24.4. The summed E-state index contributed by atoms with van der Waals surface area (Å²) in [5.41, 5.74) is 3.76. The van der Waals surface area contributed by atoms with Gasteiger partial charge in [0.05, 0.1) is 37.5 Å². The molecule has 1 aliphatic rings. The average Bonchev–Trinajstić information content (AvgIpc) is 3.49. The average molecular weight is 498 g/mol. The zero-order valence-corrected chi connectivity index (χ0v) is 21.2. The van der Waals surface area contributed by atoms with E-state index < -0.39 is 0 Å². The van der Waals surface area contributed by atoms with Crippen LogP contribution in [-0.4, -0.2) is 42.8 Å². The van der Waals surface area contributed by atoms with Gasteiger partial charge in [0.25, 0.3) is 0 Å². The van der Waals surface area contributed by atoms with Crippen LogP contribution in [0.3, 0.4) is 0 Å². The molecule has 0 saturated carbocycles. The lowest BCUT2D eigenvalue weighted by Gasteiger charge is -2.20. The fraction of sp³-hybridized carbons (Fsp3) is 0.267. The monoisotopic (exact) mass is 497 g/mol. The van der Waals surface area contributed by atoms with Crippen LogP contribution in [0.15, 0.2) is 79.4 Å². The first-order chi connectivity index (χ1) is 18.1. The van der Waals surface area contributed by atoms with E-state index in [9.17, 15) is 4.79 Å². The zero-order valence-electron chi connectivity index (χ0n) is 21.2. The summed E-state index contributed by atoms with van der Waals surface area (Å²) >= 11 is 0. The number of nitrogens with zero attached hydrogens (tertiary/aromatic N) is 3. The topological polar surface area (TPSA) is 65.8 Å². The van der Waals surface area contributed by atoms with Crippen molar-refractivity contribution in [1.29, 1.82) is 0 Å². The maximum absolute atomic E-state index is 13.2. The van der Waals surface area contributed by atoms with Gasteiger partial charge in [0.15, 0.2) is 0 Å². The number of hydrogen-bond acceptors (Lipinski definition) is 5. The van der Waals surface area contributed by atoms with E-state index in [-0.39, 0.29) is 11.8 Å². The number of allylic oxidation sites excluding steroid dienone is 1. The SMILES string of the molecule is C=CCc1ccccc1OCCn1c(C2CC(=O)N(c3cc(OC)ccc3OC)C2)nc2ccccc21. The van der Waals surface area contributed by atoms with E-state index in [1.807, 2.05) is 60.7 Å². The predicted octanol–water partition coefficient (Wildman–Crippen LogP) is 5.38. The third kappa shape index (κ3) is 4.89. The smallest absolute Gasteiger partial charge is 0.227 e. The highest BCUT2D eigenvalue weighted by atomic mass is 16.5. The van der Waals surface area contributed by atoms with Crippen molar-refractivity contribution in [1.82, 2.24) is 9.55 Å². The first-order valence-electron chi connectivity index (χ1n) is 12.4. The minimum Gasteiger partial charge on any atom is -0.497 e. The number of carbonyl (C=O) groups excluding carboxylic acids is 1. The number of rotatable bonds is 10. The van der Waals surface area contributed by atoms with Crippen LogP contribution in [0.25, 0.3) is 11.0 Å². The molecular weight excluding hydrogens is 466 g/mol. The lowest BCUT2D eigenvalue weighted by atomic mass is 10.1. The molecule has 1 atom stereocenters. The van der Waals surface area contributed by atoms with Gasteiger partial charge in [-0.05, 0) is 42.3 Å². The molecule has 7 nitrogen and oxygen atoms in total. The van der Waals surface area contributed by atoms with Crippen LogP contribution in [0.4, 0.5) is 5.69 Å². The molecule has 4 aromatic rings. The van der Waals surface area contributed by atoms with Crippen LogP contribution in [0, 0.1) is 0 Å². The van der Waals surface area contributed by atoms with E-state index in [0.29, 0.717) is 43.3 Å². The second kappa shape index (κ2) is 10.8. The number of imidazole rings is 1. The first-order valence-corrected chi connectivity index (χ1v) is 12.4. The summed E-state index contributed by atoms with van der Waals surface area (Å²) < 4.78 is 19.3. The van der Waals surface area contributed by atoms with Gasteiger partial charge < -0.3 is 23.7 Å². The Morgan fingerprint density at radius 1 is 1.03 bits per heavy atom. The van der Waals surface area contributed by atoms with Gasteiger partial charge in [0, 0.05) is 24.9 Å². The van der Waals surface area contributed by atoms with Crippen molar-refractivity contribution in [2.45, 2.75) is 25.3 Å². The molecule has 0 radical (unpaired) electrons. The van der Waals surface area contributed by atoms with Gasteiger partial charge in [0.1, 0.15) is 29.7 Å². The van der Waals surface area contributed by atoms with Gasteiger partial charge in [-0.1, -0.05) is 36.4 Å². The summed E-state index contributed by atoms with van der Waals surface area (Å²) in [6, 6.07) is 21.6. The van der Waals surface area contributed by atoms with E-state index in [1.54, 1.807) is 19.1 Å². The molecule has 1 amide bonds. The van der Waals surface area contributed by atoms with Gasteiger partial charge in [-0.25, -0.2) is 4.98 Å². The standard InChI is InChI=1S/C30H31N3O4/c1-4-9-21-10-5-8-13-27(21)37-17-16-32-25-12-7-6-11-24(25)31-30(32)22-18-29(34)33(20-22)26-19-23(35-2)14-15-28(26)36-3/h4-8,10-15,19,22H,1,9,16-18,20H2,2-3H3. The molecule has 0 bridgehead atoms. The van der Waals surface area contributed by atoms with Crippen LogP contribution < -0.4 is 19.1 Å². The molecule has 3 aromatic carbocycles. The number of aromatic nitrogens is 2. The van der Waals surface area contributed by atoms with E-state index in [4.69, 9.17) is 19.2 Å². The van der Waals surface area contributed by atoms with Crippen molar-refractivity contribution >= 4 is 22.6 Å². The quantitative estimate of drug-likeness (QED) is 0.275. The molecule has 1 aromatic heterocycles. The maximum atomic E-state index is 13.2. The zero-order chi connectivity index (χ0) is 25.8. The van der Waals surface area contributed by atoms with Gasteiger partial charge in [-0.15, -0.1) is 6.58 Å². The van der Waals surface area contributed by atoms with Crippen molar-refractivity contribution in [3.05, 3.63) is 90.8 Å². The van der Waals surface area contributed by atoms with Crippen molar-refractivity contribution in [2.75, 3.05) is 32.3 Å². The number of carbonyl (C=O) groups is 1. The number of benzene rings is 3. The summed E-state index contributed by atoms with van der Waals surface area (Å²) in [6.45, 7) is 5.46. The molecule has 1 aliphatic heterocycles. The number of methoxy groups -OCH3 is 2. The molecule has 5 rings (SSSR count). The second-order valence-corrected chi connectivity index (χ2v) is 9.00. The Labute approximate surface area is 216 Å². The van der Waals surface area contributed by atoms with Crippen molar-refractivity contribution in [2.24, 2.45) is 0 Å². The van der Waals surface area contributed by atoms with Crippen LogP contribution in [-0.2, 0) is 17.8 Å². The van der Waals surface area contributed by atoms with E-state index in [0.717, 1.165) is 34.6 Å². The normalized spacial score (nSPS) is 15.2. The third-order valence-electron chi connectivity index (χ3n) is 6.76. The minimum atomic E-state index is -0.0659.